The van der Waals surface area contributed by atoms with E-state index in [1.165, 1.54) is 25.1 Å². The van der Waals surface area contributed by atoms with E-state index < -0.39 is 11.8 Å². The van der Waals surface area contributed by atoms with Crippen molar-refractivity contribution in [3.05, 3.63) is 58.9 Å². The van der Waals surface area contributed by atoms with Crippen LogP contribution >= 0.6 is 0 Å². The van der Waals surface area contributed by atoms with Crippen LogP contribution in [-0.4, -0.2) is 11.1 Å². The molecule has 0 unspecified atom stereocenters. The summed E-state index contributed by atoms with van der Waals surface area (Å²) in [6, 6.07) is 8.74. The normalized spacial score (nSPS) is 10.3. The molecule has 0 saturated carbocycles. The van der Waals surface area contributed by atoms with Crippen LogP contribution in [0.1, 0.15) is 21.5 Å². The van der Waals surface area contributed by atoms with Crippen LogP contribution in [0.4, 0.5) is 10.1 Å². The second-order valence-electron chi connectivity index (χ2n) is 4.41. The zero-order chi connectivity index (χ0) is 14.7. The lowest BCUT2D eigenvalue weighted by Crippen LogP contribution is -2.07. The summed E-state index contributed by atoms with van der Waals surface area (Å²) < 4.78 is 18.6. The predicted molar refractivity (Wildman–Crippen MR) is 72.8 cm³/mol. The van der Waals surface area contributed by atoms with E-state index in [1.54, 1.807) is 12.1 Å². The van der Waals surface area contributed by atoms with Crippen LogP contribution in [0.2, 0.25) is 0 Å². The zero-order valence-electron chi connectivity index (χ0n) is 10.9. The van der Waals surface area contributed by atoms with E-state index in [0.29, 0.717) is 5.56 Å². The lowest BCUT2D eigenvalue weighted by atomic mass is 10.1. The SMILES string of the molecule is Cc1c(N)cc(C(=O)OCc2ccc(O)cc2)cc1F. The standard InChI is InChI=1S/C15H14FNO3/c1-9-13(16)6-11(7-14(9)17)15(19)20-8-10-2-4-12(18)5-3-10/h2-7,18H,8,17H2,1H3. The van der Waals surface area contributed by atoms with Crippen molar-refractivity contribution >= 4 is 11.7 Å². The van der Waals surface area contributed by atoms with Crippen molar-refractivity contribution in [2.75, 3.05) is 5.73 Å². The summed E-state index contributed by atoms with van der Waals surface area (Å²) in [6.45, 7) is 1.57. The first-order chi connectivity index (χ1) is 9.47. The fraction of sp³-hybridized carbons (Fsp3) is 0.133. The molecule has 0 radical (unpaired) electrons. The Morgan fingerprint density at radius 3 is 2.55 bits per heavy atom. The van der Waals surface area contributed by atoms with Gasteiger partial charge in [-0.15, -0.1) is 0 Å². The number of nitrogens with two attached hydrogens (primary N) is 1. The number of hydrogen-bond acceptors (Lipinski definition) is 4. The van der Waals surface area contributed by atoms with Gasteiger partial charge >= 0.3 is 5.97 Å². The van der Waals surface area contributed by atoms with Gasteiger partial charge in [0.15, 0.2) is 0 Å². The van der Waals surface area contributed by atoms with E-state index in [0.717, 1.165) is 11.6 Å². The second-order valence-corrected chi connectivity index (χ2v) is 4.41. The number of carbonyl (C=O) groups is 1. The van der Waals surface area contributed by atoms with E-state index in [9.17, 15) is 9.18 Å². The number of hydrogen-bond donors (Lipinski definition) is 2. The summed E-state index contributed by atoms with van der Waals surface area (Å²) in [4.78, 5) is 11.8. The number of esters is 1. The minimum atomic E-state index is -0.649. The van der Waals surface area contributed by atoms with Gasteiger partial charge in [-0.2, -0.15) is 0 Å². The number of phenols is 1. The summed E-state index contributed by atoms with van der Waals surface area (Å²) in [6.07, 6.45) is 0. The maximum atomic E-state index is 13.5. The third kappa shape index (κ3) is 3.06. The van der Waals surface area contributed by atoms with Crippen LogP contribution in [-0.2, 0) is 11.3 Å². The number of phenolic OH excluding ortho intramolecular Hbond substituents is 1. The molecule has 0 heterocycles. The first kappa shape index (κ1) is 13.9. The average Bonchev–Trinajstić information content (AvgIpc) is 2.43. The molecule has 5 heteroatoms. The molecule has 3 N–H and O–H groups in total. The van der Waals surface area contributed by atoms with Gasteiger partial charge in [-0.1, -0.05) is 12.1 Å². The molecule has 2 aromatic rings. The molecule has 0 aliphatic heterocycles. The number of carbonyl (C=O) groups excluding carboxylic acids is 1. The molecule has 0 saturated heterocycles. The lowest BCUT2D eigenvalue weighted by Gasteiger charge is -2.08. The summed E-state index contributed by atoms with van der Waals surface area (Å²) in [5, 5.41) is 9.14. The van der Waals surface area contributed by atoms with Gasteiger partial charge in [0.25, 0.3) is 0 Å². The van der Waals surface area contributed by atoms with Gasteiger partial charge in [0, 0.05) is 11.3 Å². The summed E-state index contributed by atoms with van der Waals surface area (Å²) in [5.41, 5.74) is 6.92. The minimum Gasteiger partial charge on any atom is -0.508 e. The quantitative estimate of drug-likeness (QED) is 0.667. The van der Waals surface area contributed by atoms with E-state index >= 15 is 0 Å². The highest BCUT2D eigenvalue weighted by Crippen LogP contribution is 2.19. The van der Waals surface area contributed by atoms with Gasteiger partial charge in [-0.05, 0) is 36.8 Å². The molecule has 0 amide bonds. The smallest absolute Gasteiger partial charge is 0.338 e. The maximum absolute atomic E-state index is 13.5. The van der Waals surface area contributed by atoms with Crippen LogP contribution in [0.25, 0.3) is 0 Å². The Hall–Kier alpha value is -2.56. The highest BCUT2D eigenvalue weighted by molar-refractivity contribution is 5.90. The van der Waals surface area contributed by atoms with Gasteiger partial charge < -0.3 is 15.6 Å². The van der Waals surface area contributed by atoms with Crippen molar-refractivity contribution in [1.82, 2.24) is 0 Å². The molecule has 0 spiro atoms. The number of aromatic hydroxyl groups is 1. The van der Waals surface area contributed by atoms with Crippen molar-refractivity contribution in [3.63, 3.8) is 0 Å². The van der Waals surface area contributed by atoms with Crippen molar-refractivity contribution in [1.29, 1.82) is 0 Å². The molecular formula is C15H14FNO3. The molecule has 20 heavy (non-hydrogen) atoms. The van der Waals surface area contributed by atoms with Gasteiger partial charge in [-0.3, -0.25) is 0 Å². The third-order valence-electron chi connectivity index (χ3n) is 2.93. The Kier molecular flexibility index (Phi) is 3.89. The Bertz CT molecular complexity index is 615. The molecule has 4 nitrogen and oxygen atoms in total. The fourth-order valence-corrected chi connectivity index (χ4v) is 1.64. The summed E-state index contributed by atoms with van der Waals surface area (Å²) in [7, 11) is 0. The van der Waals surface area contributed by atoms with Crippen molar-refractivity contribution < 1.29 is 19.0 Å². The van der Waals surface area contributed by atoms with E-state index in [-0.39, 0.29) is 23.6 Å². The highest BCUT2D eigenvalue weighted by atomic mass is 19.1. The summed E-state index contributed by atoms with van der Waals surface area (Å²) >= 11 is 0. The van der Waals surface area contributed by atoms with E-state index in [1.807, 2.05) is 0 Å². The largest absolute Gasteiger partial charge is 0.508 e. The van der Waals surface area contributed by atoms with Gasteiger partial charge in [0.05, 0.1) is 5.56 Å². The fourth-order valence-electron chi connectivity index (χ4n) is 1.64. The molecule has 0 aromatic heterocycles. The van der Waals surface area contributed by atoms with Crippen LogP contribution < -0.4 is 5.73 Å². The highest BCUT2D eigenvalue weighted by Gasteiger charge is 2.12. The maximum Gasteiger partial charge on any atom is 0.338 e. The van der Waals surface area contributed by atoms with Gasteiger partial charge in [0.2, 0.25) is 0 Å². The molecule has 0 aliphatic carbocycles. The van der Waals surface area contributed by atoms with Crippen LogP contribution in [0.15, 0.2) is 36.4 Å². The summed E-state index contributed by atoms with van der Waals surface area (Å²) in [5.74, 6) is -1.06. The number of rotatable bonds is 3. The average molecular weight is 275 g/mol. The number of nitrogen functional groups attached to an aromatic ring is 1. The molecule has 2 aromatic carbocycles. The molecule has 0 fully saturated rings. The van der Waals surface area contributed by atoms with E-state index in [2.05, 4.69) is 0 Å². The number of ether oxygens (including phenoxy) is 1. The molecule has 0 aliphatic rings. The Balaban J connectivity index is 2.07. The monoisotopic (exact) mass is 275 g/mol. The van der Waals surface area contributed by atoms with Crippen LogP contribution in [0.3, 0.4) is 0 Å². The number of halogens is 1. The Labute approximate surface area is 115 Å². The number of benzene rings is 2. The minimum absolute atomic E-state index is 0.0362. The van der Waals surface area contributed by atoms with Crippen molar-refractivity contribution in [2.45, 2.75) is 13.5 Å². The van der Waals surface area contributed by atoms with Gasteiger partial charge in [0.1, 0.15) is 18.2 Å². The first-order valence-corrected chi connectivity index (χ1v) is 5.98. The molecule has 0 atom stereocenters. The number of anilines is 1. The van der Waals surface area contributed by atoms with Crippen molar-refractivity contribution in [2.24, 2.45) is 0 Å². The van der Waals surface area contributed by atoms with Crippen molar-refractivity contribution in [3.8, 4) is 5.75 Å². The molecule has 0 bridgehead atoms. The Morgan fingerprint density at radius 1 is 1.30 bits per heavy atom. The molecule has 2 rings (SSSR count). The van der Waals surface area contributed by atoms with Gasteiger partial charge in [-0.25, -0.2) is 9.18 Å². The van der Waals surface area contributed by atoms with Crippen LogP contribution in [0.5, 0.6) is 5.75 Å². The van der Waals surface area contributed by atoms with E-state index in [4.69, 9.17) is 15.6 Å². The molecule has 104 valence electrons. The topological polar surface area (TPSA) is 72.6 Å². The second kappa shape index (κ2) is 5.61. The Morgan fingerprint density at radius 2 is 1.95 bits per heavy atom. The zero-order valence-corrected chi connectivity index (χ0v) is 10.9. The third-order valence-corrected chi connectivity index (χ3v) is 2.93. The molecular weight excluding hydrogens is 261 g/mol. The lowest BCUT2D eigenvalue weighted by molar-refractivity contribution is 0.0472. The predicted octanol–water partition coefficient (Wildman–Crippen LogP) is 2.78. The van der Waals surface area contributed by atoms with Crippen LogP contribution in [0, 0.1) is 12.7 Å². The first-order valence-electron chi connectivity index (χ1n) is 5.98.